The van der Waals surface area contributed by atoms with E-state index in [1.807, 2.05) is 17.8 Å². The Labute approximate surface area is 150 Å². The lowest BCUT2D eigenvalue weighted by Crippen LogP contribution is -2.46. The lowest BCUT2D eigenvalue weighted by molar-refractivity contribution is 0.271. The molecule has 24 heavy (non-hydrogen) atoms. The number of hydrogen-bond acceptors (Lipinski definition) is 4. The first kappa shape index (κ1) is 18.0. The van der Waals surface area contributed by atoms with Gasteiger partial charge in [0.2, 0.25) is 0 Å². The fourth-order valence-corrected chi connectivity index (χ4v) is 4.88. The number of rotatable bonds is 5. The van der Waals surface area contributed by atoms with E-state index in [2.05, 4.69) is 29.0 Å². The van der Waals surface area contributed by atoms with Gasteiger partial charge in [-0.3, -0.25) is 0 Å². The Kier molecular flexibility index (Phi) is 6.42. The Hall–Kier alpha value is -0.780. The Bertz CT molecular complexity index is 525. The van der Waals surface area contributed by atoms with Crippen LogP contribution >= 0.6 is 11.8 Å². The van der Waals surface area contributed by atoms with Crippen LogP contribution in [0.15, 0.2) is 18.2 Å². The van der Waals surface area contributed by atoms with Crippen LogP contribution in [0.2, 0.25) is 0 Å². The van der Waals surface area contributed by atoms with E-state index < -0.39 is 0 Å². The molecule has 3 rings (SSSR count). The summed E-state index contributed by atoms with van der Waals surface area (Å²) in [4.78, 5) is 4.90. The second-order valence-electron chi connectivity index (χ2n) is 6.90. The molecule has 5 heteroatoms. The van der Waals surface area contributed by atoms with E-state index >= 15 is 0 Å². The maximum atomic E-state index is 13.9. The predicted molar refractivity (Wildman–Crippen MR) is 103 cm³/mol. The molecule has 2 aliphatic rings. The zero-order chi connectivity index (χ0) is 16.9. The summed E-state index contributed by atoms with van der Waals surface area (Å²) in [6.45, 7) is 9.75. The number of nitrogens with zero attached hydrogens (tertiary/aromatic N) is 2. The summed E-state index contributed by atoms with van der Waals surface area (Å²) < 4.78 is 13.9. The highest BCUT2D eigenvalue weighted by Crippen LogP contribution is 2.30. The Balaban J connectivity index is 1.72. The molecular formula is C19H30FN3S. The van der Waals surface area contributed by atoms with Crippen LogP contribution in [-0.4, -0.2) is 55.2 Å². The van der Waals surface area contributed by atoms with Gasteiger partial charge in [0.25, 0.3) is 0 Å². The van der Waals surface area contributed by atoms with Crippen molar-refractivity contribution in [3.8, 4) is 0 Å². The van der Waals surface area contributed by atoms with Crippen LogP contribution in [0.5, 0.6) is 0 Å². The lowest BCUT2D eigenvalue weighted by atomic mass is 10.0. The highest BCUT2D eigenvalue weighted by Gasteiger charge is 2.23. The number of benzene rings is 1. The van der Waals surface area contributed by atoms with E-state index in [4.69, 9.17) is 0 Å². The molecule has 0 aromatic heterocycles. The summed E-state index contributed by atoms with van der Waals surface area (Å²) in [5.74, 6) is 2.34. The molecule has 2 fully saturated rings. The molecule has 0 amide bonds. The van der Waals surface area contributed by atoms with Crippen LogP contribution in [-0.2, 0) is 0 Å². The van der Waals surface area contributed by atoms with Crippen molar-refractivity contribution in [3.05, 3.63) is 29.6 Å². The van der Waals surface area contributed by atoms with E-state index in [1.165, 1.54) is 30.0 Å². The zero-order valence-electron chi connectivity index (χ0n) is 14.9. The number of halogens is 1. The summed E-state index contributed by atoms with van der Waals surface area (Å²) in [5, 5.41) is 3.74. The smallest absolute Gasteiger partial charge is 0.123 e. The molecule has 1 N–H and O–H groups in total. The summed E-state index contributed by atoms with van der Waals surface area (Å²) in [6.07, 6.45) is 2.43. The van der Waals surface area contributed by atoms with Crippen LogP contribution < -0.4 is 10.2 Å². The molecule has 0 radical (unpaired) electrons. The van der Waals surface area contributed by atoms with Gasteiger partial charge in [0.1, 0.15) is 5.82 Å². The number of nitrogens with one attached hydrogen (secondary N) is 1. The van der Waals surface area contributed by atoms with Gasteiger partial charge in [0.05, 0.1) is 0 Å². The summed E-state index contributed by atoms with van der Waals surface area (Å²) in [6, 6.07) is 6.06. The highest BCUT2D eigenvalue weighted by molar-refractivity contribution is 7.99. The van der Waals surface area contributed by atoms with Crippen molar-refractivity contribution in [3.63, 3.8) is 0 Å². The first-order valence-corrected chi connectivity index (χ1v) is 10.4. The van der Waals surface area contributed by atoms with Gasteiger partial charge in [-0.25, -0.2) is 4.39 Å². The normalized spacial score (nSPS) is 21.9. The first-order chi connectivity index (χ1) is 11.7. The van der Waals surface area contributed by atoms with Crippen LogP contribution in [0.3, 0.4) is 0 Å². The Morgan fingerprint density at radius 3 is 2.58 bits per heavy atom. The topological polar surface area (TPSA) is 18.5 Å². The molecule has 1 unspecified atom stereocenters. The largest absolute Gasteiger partial charge is 0.369 e. The quantitative estimate of drug-likeness (QED) is 0.874. The van der Waals surface area contributed by atoms with Gasteiger partial charge in [0, 0.05) is 44.0 Å². The zero-order valence-corrected chi connectivity index (χ0v) is 15.7. The molecule has 134 valence electrons. The van der Waals surface area contributed by atoms with E-state index in [-0.39, 0.29) is 11.9 Å². The summed E-state index contributed by atoms with van der Waals surface area (Å²) in [5.41, 5.74) is 2.32. The fraction of sp³-hybridized carbons (Fsp3) is 0.684. The van der Waals surface area contributed by atoms with Crippen molar-refractivity contribution in [2.45, 2.75) is 38.8 Å². The molecule has 1 aromatic rings. The molecule has 0 spiro atoms. The second kappa shape index (κ2) is 8.54. The highest BCUT2D eigenvalue weighted by atomic mass is 32.2. The molecule has 2 aliphatic heterocycles. The average molecular weight is 352 g/mol. The van der Waals surface area contributed by atoms with Gasteiger partial charge in [-0.1, -0.05) is 6.92 Å². The number of piperazine rings is 1. The van der Waals surface area contributed by atoms with Crippen LogP contribution in [0.4, 0.5) is 10.1 Å². The van der Waals surface area contributed by atoms with Gasteiger partial charge >= 0.3 is 0 Å². The van der Waals surface area contributed by atoms with Crippen LogP contribution in [0, 0.1) is 5.82 Å². The van der Waals surface area contributed by atoms with E-state index in [9.17, 15) is 4.39 Å². The van der Waals surface area contributed by atoms with Gasteiger partial charge < -0.3 is 15.1 Å². The molecule has 2 heterocycles. The molecule has 3 nitrogen and oxygen atoms in total. The summed E-state index contributed by atoms with van der Waals surface area (Å²) >= 11 is 2.04. The van der Waals surface area contributed by atoms with Gasteiger partial charge in [0.15, 0.2) is 0 Å². The van der Waals surface area contributed by atoms with Crippen molar-refractivity contribution in [2.24, 2.45) is 0 Å². The number of thioether (sulfide) groups is 1. The third kappa shape index (κ3) is 4.44. The van der Waals surface area contributed by atoms with Crippen molar-refractivity contribution < 1.29 is 4.39 Å². The third-order valence-corrected chi connectivity index (χ3v) is 6.37. The maximum absolute atomic E-state index is 13.9. The van der Waals surface area contributed by atoms with Gasteiger partial charge in [-0.2, -0.15) is 11.8 Å². The summed E-state index contributed by atoms with van der Waals surface area (Å²) in [7, 11) is 0. The minimum atomic E-state index is -0.131. The third-order valence-electron chi connectivity index (χ3n) is 5.32. The molecular weight excluding hydrogens is 321 g/mol. The fourth-order valence-electron chi connectivity index (χ4n) is 3.77. The van der Waals surface area contributed by atoms with Crippen molar-refractivity contribution in [1.29, 1.82) is 0 Å². The minimum absolute atomic E-state index is 0.131. The number of anilines is 1. The van der Waals surface area contributed by atoms with Crippen LogP contribution in [0.1, 0.15) is 38.3 Å². The van der Waals surface area contributed by atoms with Gasteiger partial charge in [-0.05, 0) is 61.6 Å². The predicted octanol–water partition coefficient (Wildman–Crippen LogP) is 3.51. The van der Waals surface area contributed by atoms with E-state index in [0.29, 0.717) is 6.04 Å². The molecule has 1 aromatic carbocycles. The molecule has 0 saturated carbocycles. The Morgan fingerprint density at radius 2 is 1.92 bits per heavy atom. The molecule has 2 saturated heterocycles. The average Bonchev–Trinajstić information content (AvgIpc) is 2.62. The van der Waals surface area contributed by atoms with Crippen LogP contribution in [0.25, 0.3) is 0 Å². The van der Waals surface area contributed by atoms with Gasteiger partial charge in [-0.15, -0.1) is 0 Å². The number of likely N-dealkylation sites (N-methyl/N-ethyl adjacent to an activating group) is 1. The Morgan fingerprint density at radius 1 is 1.21 bits per heavy atom. The maximum Gasteiger partial charge on any atom is 0.123 e. The van der Waals surface area contributed by atoms with Crippen molar-refractivity contribution >= 4 is 17.4 Å². The minimum Gasteiger partial charge on any atom is -0.369 e. The molecule has 0 aliphatic carbocycles. The molecule has 0 bridgehead atoms. The van der Waals surface area contributed by atoms with E-state index in [1.54, 1.807) is 12.1 Å². The lowest BCUT2D eigenvalue weighted by Gasteiger charge is -2.37. The SMILES string of the molecule is CCN1CCN(c2ccc(F)cc2C(C)NC2CCSCC2)CC1. The van der Waals surface area contributed by atoms with Crippen molar-refractivity contribution in [1.82, 2.24) is 10.2 Å². The van der Waals surface area contributed by atoms with E-state index in [0.717, 1.165) is 38.3 Å². The number of hydrogen-bond donors (Lipinski definition) is 1. The molecule has 1 atom stereocenters. The first-order valence-electron chi connectivity index (χ1n) is 9.28. The second-order valence-corrected chi connectivity index (χ2v) is 8.12. The monoisotopic (exact) mass is 351 g/mol. The standard InChI is InChI=1S/C19H30FN3S/c1-3-22-8-10-23(11-9-22)19-5-4-16(20)14-18(19)15(2)21-17-6-12-24-13-7-17/h4-5,14-15,17,21H,3,6-13H2,1-2H3. The van der Waals surface area contributed by atoms with Crippen molar-refractivity contribution in [2.75, 3.05) is 49.1 Å².